The number of ether oxygens (including phenoxy) is 1. The lowest BCUT2D eigenvalue weighted by Gasteiger charge is -2.19. The van der Waals surface area contributed by atoms with Crippen LogP contribution in [0.2, 0.25) is 0 Å². The monoisotopic (exact) mass is 279 g/mol. The largest absolute Gasteiger partial charge is 0.491 e. The Morgan fingerprint density at radius 2 is 2.05 bits per heavy atom. The topological polar surface area (TPSA) is 84.7 Å². The Morgan fingerprint density at radius 1 is 1.40 bits per heavy atom. The summed E-state index contributed by atoms with van der Waals surface area (Å²) in [6.45, 7) is 3.85. The number of hydrogen-bond donors (Lipinski definition) is 2. The maximum Gasteiger partial charge on any atom is 0.255 e. The number of benzene rings is 1. The smallest absolute Gasteiger partial charge is 0.255 e. The molecule has 1 rings (SSSR count). The van der Waals surface area contributed by atoms with Gasteiger partial charge in [-0.3, -0.25) is 9.59 Å². The number of nitrogen functional groups attached to an aromatic ring is 1. The fourth-order valence-electron chi connectivity index (χ4n) is 1.76. The molecule has 0 bridgehead atoms. The number of nitrogens with one attached hydrogen (secondary N) is 1. The first kappa shape index (κ1) is 15.8. The molecule has 0 saturated carbocycles. The van der Waals surface area contributed by atoms with Crippen LogP contribution in [0, 0.1) is 0 Å². The summed E-state index contributed by atoms with van der Waals surface area (Å²) in [5, 5.41) is 2.64. The van der Waals surface area contributed by atoms with Crippen molar-refractivity contribution in [2.24, 2.45) is 0 Å². The van der Waals surface area contributed by atoms with Crippen molar-refractivity contribution in [2.75, 3.05) is 26.4 Å². The van der Waals surface area contributed by atoms with Crippen LogP contribution in [0.25, 0.3) is 0 Å². The molecule has 1 aromatic carbocycles. The highest BCUT2D eigenvalue weighted by atomic mass is 16.5. The van der Waals surface area contributed by atoms with E-state index >= 15 is 0 Å². The molecular formula is C14H21N3O3. The van der Waals surface area contributed by atoms with Crippen molar-refractivity contribution in [3.8, 4) is 5.75 Å². The SMILES string of the molecule is CCOc1c(N)cccc1C(=O)NC(C)C(=O)N(C)C. The first-order chi connectivity index (χ1) is 9.38. The second kappa shape index (κ2) is 6.79. The molecule has 0 aliphatic heterocycles. The van der Waals surface area contributed by atoms with Gasteiger partial charge < -0.3 is 20.7 Å². The van der Waals surface area contributed by atoms with Gasteiger partial charge in [0.15, 0.2) is 5.75 Å². The quantitative estimate of drug-likeness (QED) is 0.783. The third-order valence-corrected chi connectivity index (χ3v) is 2.74. The lowest BCUT2D eigenvalue weighted by molar-refractivity contribution is -0.130. The minimum Gasteiger partial charge on any atom is -0.491 e. The standard InChI is InChI=1S/C14H21N3O3/c1-5-20-12-10(7-6-8-11(12)15)13(18)16-9(2)14(19)17(3)4/h6-9H,5,15H2,1-4H3,(H,16,18). The summed E-state index contributed by atoms with van der Waals surface area (Å²) in [4.78, 5) is 25.4. The van der Waals surface area contributed by atoms with Crippen molar-refractivity contribution >= 4 is 17.5 Å². The molecule has 1 unspecified atom stereocenters. The van der Waals surface area contributed by atoms with Gasteiger partial charge in [-0.15, -0.1) is 0 Å². The van der Waals surface area contributed by atoms with Gasteiger partial charge in [0.1, 0.15) is 6.04 Å². The summed E-state index contributed by atoms with van der Waals surface area (Å²) < 4.78 is 5.40. The Kier molecular flexibility index (Phi) is 5.37. The van der Waals surface area contributed by atoms with Crippen LogP contribution in [0.1, 0.15) is 24.2 Å². The first-order valence-electron chi connectivity index (χ1n) is 6.41. The van der Waals surface area contributed by atoms with E-state index in [4.69, 9.17) is 10.5 Å². The molecule has 6 nitrogen and oxygen atoms in total. The zero-order chi connectivity index (χ0) is 15.3. The number of likely N-dealkylation sites (N-methyl/N-ethyl adjacent to an activating group) is 1. The normalized spacial score (nSPS) is 11.6. The zero-order valence-corrected chi connectivity index (χ0v) is 12.3. The fourth-order valence-corrected chi connectivity index (χ4v) is 1.76. The maximum atomic E-state index is 12.2. The van der Waals surface area contributed by atoms with E-state index in [1.54, 1.807) is 39.2 Å². The fraction of sp³-hybridized carbons (Fsp3) is 0.429. The molecule has 2 amide bonds. The first-order valence-corrected chi connectivity index (χ1v) is 6.41. The van der Waals surface area contributed by atoms with Crippen molar-refractivity contribution < 1.29 is 14.3 Å². The Labute approximate surface area is 118 Å². The van der Waals surface area contributed by atoms with Crippen LogP contribution >= 0.6 is 0 Å². The molecule has 20 heavy (non-hydrogen) atoms. The molecule has 1 aromatic rings. The molecule has 0 radical (unpaired) electrons. The van der Waals surface area contributed by atoms with Crippen LogP contribution < -0.4 is 15.8 Å². The minimum atomic E-state index is -0.617. The van der Waals surface area contributed by atoms with E-state index in [0.717, 1.165) is 0 Å². The molecule has 0 heterocycles. The van der Waals surface area contributed by atoms with Crippen molar-refractivity contribution in [3.63, 3.8) is 0 Å². The summed E-state index contributed by atoms with van der Waals surface area (Å²) in [6, 6.07) is 4.33. The molecule has 0 fully saturated rings. The van der Waals surface area contributed by atoms with Crippen molar-refractivity contribution in [2.45, 2.75) is 19.9 Å². The van der Waals surface area contributed by atoms with Gasteiger partial charge in [-0.2, -0.15) is 0 Å². The van der Waals surface area contributed by atoms with Crippen molar-refractivity contribution in [1.82, 2.24) is 10.2 Å². The number of carbonyl (C=O) groups excluding carboxylic acids is 2. The average molecular weight is 279 g/mol. The van der Waals surface area contributed by atoms with Gasteiger partial charge in [0.25, 0.3) is 5.91 Å². The van der Waals surface area contributed by atoms with Gasteiger partial charge in [-0.25, -0.2) is 0 Å². The molecule has 3 N–H and O–H groups in total. The van der Waals surface area contributed by atoms with Gasteiger partial charge in [0.05, 0.1) is 17.9 Å². The molecular weight excluding hydrogens is 258 g/mol. The highest BCUT2D eigenvalue weighted by Crippen LogP contribution is 2.26. The molecule has 0 aliphatic carbocycles. The number of nitrogens with zero attached hydrogens (tertiary/aromatic N) is 1. The van der Waals surface area contributed by atoms with E-state index in [1.165, 1.54) is 4.90 Å². The van der Waals surface area contributed by atoms with Crippen LogP contribution in [0.5, 0.6) is 5.75 Å². The molecule has 6 heteroatoms. The maximum absolute atomic E-state index is 12.2. The van der Waals surface area contributed by atoms with Crippen LogP contribution in [0.3, 0.4) is 0 Å². The highest BCUT2D eigenvalue weighted by Gasteiger charge is 2.21. The van der Waals surface area contributed by atoms with Crippen LogP contribution in [-0.2, 0) is 4.79 Å². The Hall–Kier alpha value is -2.24. The van der Waals surface area contributed by atoms with Crippen molar-refractivity contribution in [3.05, 3.63) is 23.8 Å². The summed E-state index contributed by atoms with van der Waals surface area (Å²) in [6.07, 6.45) is 0. The zero-order valence-electron chi connectivity index (χ0n) is 12.3. The second-order valence-electron chi connectivity index (χ2n) is 4.58. The van der Waals surface area contributed by atoms with Gasteiger partial charge >= 0.3 is 0 Å². The summed E-state index contributed by atoms with van der Waals surface area (Å²) >= 11 is 0. The molecule has 0 aliphatic rings. The highest BCUT2D eigenvalue weighted by molar-refractivity contribution is 6.00. The van der Waals surface area contributed by atoms with Crippen LogP contribution in [0.4, 0.5) is 5.69 Å². The number of amides is 2. The third kappa shape index (κ3) is 3.63. The summed E-state index contributed by atoms with van der Waals surface area (Å²) in [5.41, 5.74) is 6.52. The van der Waals surface area contributed by atoms with E-state index in [2.05, 4.69) is 5.32 Å². The molecule has 110 valence electrons. The van der Waals surface area contributed by atoms with E-state index in [0.29, 0.717) is 23.6 Å². The lowest BCUT2D eigenvalue weighted by atomic mass is 10.1. The lowest BCUT2D eigenvalue weighted by Crippen LogP contribution is -2.44. The summed E-state index contributed by atoms with van der Waals surface area (Å²) in [5.74, 6) is -0.222. The number of anilines is 1. The van der Waals surface area contributed by atoms with Crippen LogP contribution in [-0.4, -0.2) is 43.5 Å². The van der Waals surface area contributed by atoms with E-state index in [1.807, 2.05) is 6.92 Å². The Morgan fingerprint density at radius 3 is 2.60 bits per heavy atom. The Bertz CT molecular complexity index is 500. The third-order valence-electron chi connectivity index (χ3n) is 2.74. The van der Waals surface area contributed by atoms with E-state index in [9.17, 15) is 9.59 Å². The van der Waals surface area contributed by atoms with E-state index in [-0.39, 0.29) is 11.8 Å². The number of para-hydroxylation sites is 1. The molecule has 0 saturated heterocycles. The van der Waals surface area contributed by atoms with Gasteiger partial charge in [-0.05, 0) is 26.0 Å². The number of hydrogen-bond acceptors (Lipinski definition) is 4. The predicted octanol–water partition coefficient (Wildman–Crippen LogP) is 0.874. The number of rotatable bonds is 5. The molecule has 1 atom stereocenters. The van der Waals surface area contributed by atoms with Crippen molar-refractivity contribution in [1.29, 1.82) is 0 Å². The average Bonchev–Trinajstić information content (AvgIpc) is 2.39. The number of nitrogens with two attached hydrogens (primary N) is 1. The second-order valence-corrected chi connectivity index (χ2v) is 4.58. The summed E-state index contributed by atoms with van der Waals surface area (Å²) in [7, 11) is 3.27. The number of carbonyl (C=O) groups is 2. The van der Waals surface area contributed by atoms with Gasteiger partial charge in [0, 0.05) is 14.1 Å². The molecule has 0 spiro atoms. The van der Waals surface area contributed by atoms with Crippen LogP contribution in [0.15, 0.2) is 18.2 Å². The minimum absolute atomic E-state index is 0.180. The van der Waals surface area contributed by atoms with Gasteiger partial charge in [-0.1, -0.05) is 6.07 Å². The Balaban J connectivity index is 2.93. The molecule has 0 aromatic heterocycles. The predicted molar refractivity (Wildman–Crippen MR) is 77.6 cm³/mol. The van der Waals surface area contributed by atoms with E-state index < -0.39 is 6.04 Å². The van der Waals surface area contributed by atoms with Gasteiger partial charge in [0.2, 0.25) is 5.91 Å².